The molecule has 2 aromatic carbocycles. The minimum atomic E-state index is -0.122. The molecule has 1 heterocycles. The van der Waals surface area contributed by atoms with Gasteiger partial charge in [-0.2, -0.15) is 0 Å². The molecule has 2 amide bonds. The Labute approximate surface area is 173 Å². The molecule has 2 aromatic rings. The minimum Gasteiger partial charge on any atom is -0.484 e. The van der Waals surface area contributed by atoms with Crippen molar-refractivity contribution in [3.05, 3.63) is 59.1 Å². The van der Waals surface area contributed by atoms with Gasteiger partial charge < -0.3 is 15.4 Å². The molecule has 0 aromatic heterocycles. The summed E-state index contributed by atoms with van der Waals surface area (Å²) in [7, 11) is 0. The van der Waals surface area contributed by atoms with Crippen molar-refractivity contribution >= 4 is 33.4 Å². The lowest BCUT2D eigenvalue weighted by Gasteiger charge is -2.31. The molecule has 0 radical (unpaired) electrons. The van der Waals surface area contributed by atoms with Crippen LogP contribution in [-0.2, 0) is 9.59 Å². The molecule has 148 valence electrons. The standard InChI is InChI=1S/C21H24BrN3O3/c22-16-6-8-19(9-7-16)28-15-21(27)24-18-10-12-25(13-11-18)14-20(26)23-17-4-2-1-3-5-17/h1-9,18H,10-15H2,(H,23,26)(H,24,27). The highest BCUT2D eigenvalue weighted by molar-refractivity contribution is 9.10. The summed E-state index contributed by atoms with van der Waals surface area (Å²) in [6, 6.07) is 16.9. The number of para-hydroxylation sites is 1. The van der Waals surface area contributed by atoms with Gasteiger partial charge >= 0.3 is 0 Å². The molecule has 1 saturated heterocycles. The fourth-order valence-corrected chi connectivity index (χ4v) is 3.37. The Bertz CT molecular complexity index is 775. The molecule has 1 aliphatic heterocycles. The predicted octanol–water partition coefficient (Wildman–Crippen LogP) is 3.05. The molecule has 28 heavy (non-hydrogen) atoms. The molecule has 0 spiro atoms. The van der Waals surface area contributed by atoms with Gasteiger partial charge in [0, 0.05) is 29.3 Å². The Balaban J connectivity index is 1.33. The summed E-state index contributed by atoms with van der Waals surface area (Å²) >= 11 is 3.36. The molecule has 0 unspecified atom stereocenters. The summed E-state index contributed by atoms with van der Waals surface area (Å²) in [6.45, 7) is 1.92. The molecule has 3 rings (SSSR count). The Morgan fingerprint density at radius 1 is 1.00 bits per heavy atom. The molecule has 0 saturated carbocycles. The van der Waals surface area contributed by atoms with Crippen molar-refractivity contribution in [3.63, 3.8) is 0 Å². The van der Waals surface area contributed by atoms with E-state index < -0.39 is 0 Å². The number of nitrogens with one attached hydrogen (secondary N) is 2. The van der Waals surface area contributed by atoms with Crippen LogP contribution >= 0.6 is 15.9 Å². The zero-order chi connectivity index (χ0) is 19.8. The molecular weight excluding hydrogens is 422 g/mol. The Morgan fingerprint density at radius 3 is 2.36 bits per heavy atom. The lowest BCUT2D eigenvalue weighted by atomic mass is 10.1. The van der Waals surface area contributed by atoms with E-state index >= 15 is 0 Å². The second kappa shape index (κ2) is 10.2. The average Bonchev–Trinajstić information content (AvgIpc) is 2.70. The lowest BCUT2D eigenvalue weighted by Crippen LogP contribution is -2.47. The number of ether oxygens (including phenoxy) is 1. The first-order valence-electron chi connectivity index (χ1n) is 9.33. The smallest absolute Gasteiger partial charge is 0.258 e. The van der Waals surface area contributed by atoms with Crippen molar-refractivity contribution in [2.75, 3.05) is 31.6 Å². The second-order valence-electron chi connectivity index (χ2n) is 6.77. The van der Waals surface area contributed by atoms with Gasteiger partial charge in [-0.15, -0.1) is 0 Å². The number of amides is 2. The highest BCUT2D eigenvalue weighted by Gasteiger charge is 2.22. The van der Waals surface area contributed by atoms with Crippen LogP contribution in [0.5, 0.6) is 5.75 Å². The van der Waals surface area contributed by atoms with E-state index in [2.05, 4.69) is 31.5 Å². The molecule has 0 aliphatic carbocycles. The van der Waals surface area contributed by atoms with Gasteiger partial charge in [0.25, 0.3) is 5.91 Å². The van der Waals surface area contributed by atoms with Gasteiger partial charge in [0.2, 0.25) is 5.91 Å². The van der Waals surface area contributed by atoms with Crippen LogP contribution in [0.4, 0.5) is 5.69 Å². The minimum absolute atomic E-state index is 0.00132. The van der Waals surface area contributed by atoms with Gasteiger partial charge in [-0.05, 0) is 49.2 Å². The molecule has 2 N–H and O–H groups in total. The largest absolute Gasteiger partial charge is 0.484 e. The summed E-state index contributed by atoms with van der Waals surface area (Å²) in [4.78, 5) is 26.3. The lowest BCUT2D eigenvalue weighted by molar-refractivity contribution is -0.124. The summed E-state index contributed by atoms with van der Waals surface area (Å²) in [6.07, 6.45) is 1.64. The number of hydrogen-bond acceptors (Lipinski definition) is 4. The van der Waals surface area contributed by atoms with Crippen LogP contribution < -0.4 is 15.4 Å². The predicted molar refractivity (Wildman–Crippen MR) is 112 cm³/mol. The molecule has 1 fully saturated rings. The first-order valence-corrected chi connectivity index (χ1v) is 10.1. The van der Waals surface area contributed by atoms with Gasteiger partial charge in [-0.25, -0.2) is 0 Å². The third-order valence-electron chi connectivity index (χ3n) is 4.56. The Kier molecular flexibility index (Phi) is 7.45. The van der Waals surface area contributed by atoms with Crippen molar-refractivity contribution < 1.29 is 14.3 Å². The molecule has 1 aliphatic rings. The quantitative estimate of drug-likeness (QED) is 0.686. The molecule has 0 bridgehead atoms. The zero-order valence-electron chi connectivity index (χ0n) is 15.6. The summed E-state index contributed by atoms with van der Waals surface area (Å²) in [5, 5.41) is 5.91. The monoisotopic (exact) mass is 445 g/mol. The topological polar surface area (TPSA) is 70.7 Å². The Morgan fingerprint density at radius 2 is 1.68 bits per heavy atom. The molecule has 0 atom stereocenters. The summed E-state index contributed by atoms with van der Waals surface area (Å²) < 4.78 is 6.46. The van der Waals surface area contributed by atoms with Crippen LogP contribution in [0.15, 0.2) is 59.1 Å². The van der Waals surface area contributed by atoms with Crippen molar-refractivity contribution in [1.82, 2.24) is 10.2 Å². The maximum Gasteiger partial charge on any atom is 0.258 e. The van der Waals surface area contributed by atoms with E-state index in [4.69, 9.17) is 4.74 Å². The fraction of sp³-hybridized carbons (Fsp3) is 0.333. The number of hydrogen-bond donors (Lipinski definition) is 2. The first-order chi connectivity index (χ1) is 13.6. The number of nitrogens with zero attached hydrogens (tertiary/aromatic N) is 1. The van der Waals surface area contributed by atoms with Crippen molar-refractivity contribution in [1.29, 1.82) is 0 Å². The van der Waals surface area contributed by atoms with Crippen LogP contribution in [0, 0.1) is 0 Å². The van der Waals surface area contributed by atoms with Crippen LogP contribution in [-0.4, -0.2) is 49.0 Å². The SMILES string of the molecule is O=C(CN1CCC(NC(=O)COc2ccc(Br)cc2)CC1)Nc1ccccc1. The highest BCUT2D eigenvalue weighted by Crippen LogP contribution is 2.16. The average molecular weight is 446 g/mol. The fourth-order valence-electron chi connectivity index (χ4n) is 3.11. The van der Waals surface area contributed by atoms with E-state index in [0.29, 0.717) is 12.3 Å². The number of rotatable bonds is 7. The second-order valence-corrected chi connectivity index (χ2v) is 7.69. The maximum absolute atomic E-state index is 12.1. The molecule has 6 nitrogen and oxygen atoms in total. The van der Waals surface area contributed by atoms with Gasteiger partial charge in [0.1, 0.15) is 5.75 Å². The van der Waals surface area contributed by atoms with E-state index in [0.717, 1.165) is 36.1 Å². The third-order valence-corrected chi connectivity index (χ3v) is 5.09. The maximum atomic E-state index is 12.1. The summed E-state index contributed by atoms with van der Waals surface area (Å²) in [5.41, 5.74) is 0.806. The number of anilines is 1. The number of halogens is 1. The van der Waals surface area contributed by atoms with Gasteiger partial charge in [0.05, 0.1) is 6.54 Å². The van der Waals surface area contributed by atoms with Crippen LogP contribution in [0.2, 0.25) is 0 Å². The van der Waals surface area contributed by atoms with E-state index in [9.17, 15) is 9.59 Å². The highest BCUT2D eigenvalue weighted by atomic mass is 79.9. The summed E-state index contributed by atoms with van der Waals surface area (Å²) in [5.74, 6) is 0.525. The van der Waals surface area contributed by atoms with Gasteiger partial charge in [0.15, 0.2) is 6.61 Å². The van der Waals surface area contributed by atoms with Gasteiger partial charge in [-0.3, -0.25) is 14.5 Å². The molecule has 7 heteroatoms. The number of benzene rings is 2. The van der Waals surface area contributed by atoms with Crippen LogP contribution in [0.1, 0.15) is 12.8 Å². The first kappa shape index (κ1) is 20.4. The van der Waals surface area contributed by atoms with E-state index in [1.807, 2.05) is 54.6 Å². The third kappa shape index (κ3) is 6.65. The van der Waals surface area contributed by atoms with Crippen LogP contribution in [0.3, 0.4) is 0 Å². The normalized spacial score (nSPS) is 15.0. The number of carbonyl (C=O) groups is 2. The van der Waals surface area contributed by atoms with E-state index in [-0.39, 0.29) is 24.5 Å². The Hall–Kier alpha value is -2.38. The number of piperidine rings is 1. The molecular formula is C21H24BrN3O3. The van der Waals surface area contributed by atoms with E-state index in [1.165, 1.54) is 0 Å². The number of carbonyl (C=O) groups excluding carboxylic acids is 2. The van der Waals surface area contributed by atoms with Crippen LogP contribution in [0.25, 0.3) is 0 Å². The van der Waals surface area contributed by atoms with Gasteiger partial charge in [-0.1, -0.05) is 34.1 Å². The van der Waals surface area contributed by atoms with Crippen molar-refractivity contribution in [2.45, 2.75) is 18.9 Å². The zero-order valence-corrected chi connectivity index (χ0v) is 17.2. The number of likely N-dealkylation sites (tertiary alicyclic amines) is 1. The van der Waals surface area contributed by atoms with Crippen molar-refractivity contribution in [3.8, 4) is 5.75 Å². The van der Waals surface area contributed by atoms with E-state index in [1.54, 1.807) is 0 Å². The van der Waals surface area contributed by atoms with Crippen molar-refractivity contribution in [2.24, 2.45) is 0 Å².